The van der Waals surface area contributed by atoms with Crippen LogP contribution in [0.2, 0.25) is 5.02 Å². The summed E-state index contributed by atoms with van der Waals surface area (Å²) in [7, 11) is -3.89. The zero-order valence-electron chi connectivity index (χ0n) is 17.4. The van der Waals surface area contributed by atoms with Crippen LogP contribution in [-0.4, -0.2) is 61.7 Å². The maximum atomic E-state index is 12.9. The number of amides is 2. The molecule has 0 bridgehead atoms. The van der Waals surface area contributed by atoms with Gasteiger partial charge in [-0.15, -0.1) is 0 Å². The van der Waals surface area contributed by atoms with E-state index in [0.717, 1.165) is 30.0 Å². The number of benzene rings is 2. The molecular weight excluding hydrogens is 438 g/mol. The van der Waals surface area contributed by atoms with Gasteiger partial charge in [0.05, 0.1) is 4.90 Å². The molecule has 0 aromatic heterocycles. The molecule has 2 aromatic carbocycles. The molecule has 0 saturated carbocycles. The number of hydrogen-bond acceptors (Lipinski definition) is 4. The zero-order chi connectivity index (χ0) is 22.2. The standard InChI is InChI=1S/C22H26ClN3O4S/c1-15(21(27)25-10-3-2-4-11-25)26-12-9-20(22(26)28)24-31(29,30)19-8-6-16-13-18(23)7-5-17(16)14-19/h5-8,13-15,20,24H,2-4,9-12H2,1H3/t15-,20-/m1/s1. The second-order valence-corrected chi connectivity index (χ2v) is 10.4. The van der Waals surface area contributed by atoms with Gasteiger partial charge in [-0.05, 0) is 67.6 Å². The molecule has 0 aliphatic carbocycles. The van der Waals surface area contributed by atoms with Crippen LogP contribution in [-0.2, 0) is 19.6 Å². The van der Waals surface area contributed by atoms with E-state index in [1.54, 1.807) is 42.2 Å². The van der Waals surface area contributed by atoms with E-state index in [0.29, 0.717) is 31.1 Å². The fraction of sp³-hybridized carbons (Fsp3) is 0.455. The van der Waals surface area contributed by atoms with Crippen LogP contribution in [0, 0.1) is 0 Å². The maximum Gasteiger partial charge on any atom is 0.245 e. The van der Waals surface area contributed by atoms with Crippen molar-refractivity contribution < 1.29 is 18.0 Å². The van der Waals surface area contributed by atoms with E-state index < -0.39 is 22.1 Å². The fourth-order valence-corrected chi connectivity index (χ4v) is 5.76. The molecule has 31 heavy (non-hydrogen) atoms. The third kappa shape index (κ3) is 4.56. The highest BCUT2D eigenvalue weighted by Gasteiger charge is 2.40. The number of piperidine rings is 1. The van der Waals surface area contributed by atoms with Gasteiger partial charge in [0.2, 0.25) is 21.8 Å². The summed E-state index contributed by atoms with van der Waals surface area (Å²) in [4.78, 5) is 29.1. The number of halogens is 1. The molecule has 2 atom stereocenters. The summed E-state index contributed by atoms with van der Waals surface area (Å²) in [6, 6.07) is 8.51. The zero-order valence-corrected chi connectivity index (χ0v) is 19.0. The van der Waals surface area contributed by atoms with Crippen LogP contribution in [0.15, 0.2) is 41.3 Å². The predicted octanol–water partition coefficient (Wildman–Crippen LogP) is 2.77. The van der Waals surface area contributed by atoms with Crippen LogP contribution >= 0.6 is 11.6 Å². The lowest BCUT2D eigenvalue weighted by molar-refractivity contribution is -0.143. The normalized spacial score (nSPS) is 21.0. The molecule has 1 N–H and O–H groups in total. The van der Waals surface area contributed by atoms with Crippen LogP contribution in [0.5, 0.6) is 0 Å². The van der Waals surface area contributed by atoms with E-state index in [4.69, 9.17) is 11.6 Å². The van der Waals surface area contributed by atoms with Crippen molar-refractivity contribution in [3.63, 3.8) is 0 Å². The molecule has 0 spiro atoms. The first-order valence-corrected chi connectivity index (χ1v) is 12.4. The van der Waals surface area contributed by atoms with Crippen LogP contribution in [0.1, 0.15) is 32.6 Å². The lowest BCUT2D eigenvalue weighted by atomic mass is 10.1. The summed E-state index contributed by atoms with van der Waals surface area (Å²) in [5.41, 5.74) is 0. The third-order valence-electron chi connectivity index (χ3n) is 6.11. The highest BCUT2D eigenvalue weighted by molar-refractivity contribution is 7.89. The Kier molecular flexibility index (Phi) is 6.23. The average molecular weight is 464 g/mol. The minimum Gasteiger partial charge on any atom is -0.341 e. The van der Waals surface area contributed by atoms with E-state index >= 15 is 0 Å². The lowest BCUT2D eigenvalue weighted by Gasteiger charge is -2.32. The van der Waals surface area contributed by atoms with Gasteiger partial charge in [-0.2, -0.15) is 4.72 Å². The Bertz CT molecular complexity index is 1110. The summed E-state index contributed by atoms with van der Waals surface area (Å²) in [5.74, 6) is -0.418. The molecule has 2 aliphatic heterocycles. The first-order valence-electron chi connectivity index (χ1n) is 10.6. The number of rotatable bonds is 5. The molecule has 0 radical (unpaired) electrons. The molecule has 2 saturated heterocycles. The Balaban J connectivity index is 1.46. The van der Waals surface area contributed by atoms with Gasteiger partial charge < -0.3 is 9.80 Å². The summed E-state index contributed by atoms with van der Waals surface area (Å²) >= 11 is 5.99. The van der Waals surface area contributed by atoms with Crippen LogP contribution in [0.4, 0.5) is 0 Å². The van der Waals surface area contributed by atoms with Gasteiger partial charge in [-0.3, -0.25) is 9.59 Å². The predicted molar refractivity (Wildman–Crippen MR) is 119 cm³/mol. The van der Waals surface area contributed by atoms with E-state index in [1.165, 1.54) is 11.0 Å². The number of carbonyl (C=O) groups excluding carboxylic acids is 2. The highest BCUT2D eigenvalue weighted by atomic mass is 35.5. The Morgan fingerprint density at radius 2 is 1.74 bits per heavy atom. The lowest BCUT2D eigenvalue weighted by Crippen LogP contribution is -2.51. The van der Waals surface area contributed by atoms with Crippen molar-refractivity contribution in [2.45, 2.75) is 49.6 Å². The monoisotopic (exact) mass is 463 g/mol. The largest absolute Gasteiger partial charge is 0.341 e. The van der Waals surface area contributed by atoms with Gasteiger partial charge in [-0.1, -0.05) is 23.7 Å². The van der Waals surface area contributed by atoms with Gasteiger partial charge in [0, 0.05) is 24.7 Å². The van der Waals surface area contributed by atoms with Crippen molar-refractivity contribution in [1.82, 2.24) is 14.5 Å². The van der Waals surface area contributed by atoms with Crippen molar-refractivity contribution >= 4 is 44.2 Å². The molecule has 2 aliphatic rings. The molecule has 2 heterocycles. The minimum absolute atomic E-state index is 0.0650. The summed E-state index contributed by atoms with van der Waals surface area (Å²) in [5, 5.41) is 2.15. The Morgan fingerprint density at radius 3 is 2.48 bits per heavy atom. The average Bonchev–Trinajstić information content (AvgIpc) is 3.12. The number of fused-ring (bicyclic) bond motifs is 1. The van der Waals surface area contributed by atoms with E-state index in [-0.39, 0.29) is 16.7 Å². The Hall–Kier alpha value is -2.16. The first-order chi connectivity index (χ1) is 14.8. The molecule has 0 unspecified atom stereocenters. The van der Waals surface area contributed by atoms with E-state index in [2.05, 4.69) is 4.72 Å². The van der Waals surface area contributed by atoms with Crippen molar-refractivity contribution in [2.24, 2.45) is 0 Å². The summed E-state index contributed by atoms with van der Waals surface area (Å²) < 4.78 is 28.4. The van der Waals surface area contributed by atoms with Crippen molar-refractivity contribution in [3.05, 3.63) is 41.4 Å². The number of carbonyl (C=O) groups is 2. The number of likely N-dealkylation sites (tertiary alicyclic amines) is 2. The van der Waals surface area contributed by atoms with Crippen molar-refractivity contribution in [2.75, 3.05) is 19.6 Å². The van der Waals surface area contributed by atoms with Crippen LogP contribution in [0.3, 0.4) is 0 Å². The SMILES string of the molecule is C[C@H](C(=O)N1CCCCC1)N1CC[C@@H](NS(=O)(=O)c2ccc3cc(Cl)ccc3c2)C1=O. The number of nitrogens with zero attached hydrogens (tertiary/aromatic N) is 2. The second kappa shape index (κ2) is 8.76. The molecule has 4 rings (SSSR count). The van der Waals surface area contributed by atoms with Gasteiger partial charge >= 0.3 is 0 Å². The summed E-state index contributed by atoms with van der Waals surface area (Å²) in [6.45, 7) is 3.51. The van der Waals surface area contributed by atoms with Crippen molar-refractivity contribution in [3.8, 4) is 0 Å². The molecule has 166 valence electrons. The van der Waals surface area contributed by atoms with Crippen molar-refractivity contribution in [1.29, 1.82) is 0 Å². The van der Waals surface area contributed by atoms with E-state index in [1.807, 2.05) is 0 Å². The Labute approximate surface area is 187 Å². The number of nitrogens with one attached hydrogen (secondary N) is 1. The van der Waals surface area contributed by atoms with Gasteiger partial charge in [-0.25, -0.2) is 8.42 Å². The number of hydrogen-bond donors (Lipinski definition) is 1. The fourth-order valence-electron chi connectivity index (χ4n) is 4.32. The topological polar surface area (TPSA) is 86.8 Å². The molecule has 2 aromatic rings. The Morgan fingerprint density at radius 1 is 1.06 bits per heavy atom. The van der Waals surface area contributed by atoms with E-state index in [9.17, 15) is 18.0 Å². The molecule has 9 heteroatoms. The van der Waals surface area contributed by atoms with Gasteiger partial charge in [0.1, 0.15) is 12.1 Å². The molecule has 7 nitrogen and oxygen atoms in total. The minimum atomic E-state index is -3.89. The smallest absolute Gasteiger partial charge is 0.245 e. The van der Waals surface area contributed by atoms with Gasteiger partial charge in [0.25, 0.3) is 0 Å². The quantitative estimate of drug-likeness (QED) is 0.738. The second-order valence-electron chi connectivity index (χ2n) is 8.21. The first kappa shape index (κ1) is 22.0. The molecular formula is C22H26ClN3O4S. The third-order valence-corrected chi connectivity index (χ3v) is 7.82. The molecule has 2 fully saturated rings. The number of sulfonamides is 1. The maximum absolute atomic E-state index is 12.9. The summed E-state index contributed by atoms with van der Waals surface area (Å²) in [6.07, 6.45) is 3.41. The van der Waals surface area contributed by atoms with Crippen LogP contribution < -0.4 is 4.72 Å². The molecule has 2 amide bonds. The highest BCUT2D eigenvalue weighted by Crippen LogP contribution is 2.24. The van der Waals surface area contributed by atoms with Gasteiger partial charge in [0.15, 0.2) is 0 Å². The van der Waals surface area contributed by atoms with Crippen LogP contribution in [0.25, 0.3) is 10.8 Å².